The van der Waals surface area contributed by atoms with E-state index >= 15 is 0 Å². The summed E-state index contributed by atoms with van der Waals surface area (Å²) in [5.41, 5.74) is 1.91. The summed E-state index contributed by atoms with van der Waals surface area (Å²) in [4.78, 5) is 0. The van der Waals surface area contributed by atoms with Gasteiger partial charge in [0.05, 0.1) is 19.3 Å². The van der Waals surface area contributed by atoms with E-state index in [1.807, 2.05) is 30.3 Å². The van der Waals surface area contributed by atoms with Crippen molar-refractivity contribution in [2.75, 3.05) is 20.8 Å². The third-order valence-electron chi connectivity index (χ3n) is 3.77. The highest BCUT2D eigenvalue weighted by Crippen LogP contribution is 2.27. The molecule has 0 aliphatic heterocycles. The predicted octanol–water partition coefficient (Wildman–Crippen LogP) is 3.05. The van der Waals surface area contributed by atoms with E-state index in [1.54, 1.807) is 20.3 Å². The molecule has 0 amide bonds. The Bertz CT molecular complexity index is 601. The molecule has 2 rings (SSSR count). The van der Waals surface area contributed by atoms with Crippen LogP contribution < -0.4 is 10.1 Å². The lowest BCUT2D eigenvalue weighted by Crippen LogP contribution is -2.43. The molecular formula is C18H23NO3. The molecule has 4 nitrogen and oxygen atoms in total. The molecule has 0 saturated carbocycles. The summed E-state index contributed by atoms with van der Waals surface area (Å²) in [5, 5.41) is 13.2. The fourth-order valence-electron chi connectivity index (χ4n) is 2.46. The molecule has 0 aliphatic rings. The molecule has 0 bridgehead atoms. The van der Waals surface area contributed by atoms with Crippen LogP contribution in [0.2, 0.25) is 0 Å². The van der Waals surface area contributed by atoms with E-state index in [0.717, 1.165) is 5.56 Å². The monoisotopic (exact) mass is 301 g/mol. The van der Waals surface area contributed by atoms with Gasteiger partial charge < -0.3 is 19.9 Å². The molecule has 22 heavy (non-hydrogen) atoms. The molecule has 0 aromatic heterocycles. The Kier molecular flexibility index (Phi) is 5.41. The van der Waals surface area contributed by atoms with Gasteiger partial charge in [-0.25, -0.2) is 0 Å². The Hall–Kier alpha value is -2.04. The van der Waals surface area contributed by atoms with Gasteiger partial charge in [0, 0.05) is 13.7 Å². The normalized spacial score (nSPS) is 13.6. The number of ether oxygens (including phenoxy) is 2. The molecule has 0 aliphatic carbocycles. The summed E-state index contributed by atoms with van der Waals surface area (Å²) in [6.07, 6.45) is 0. The SMILES string of the molecule is COC[C@@](C)(NCc1ccc(O)c(OC)c1)c1ccccc1. The fraction of sp³-hybridized carbons (Fsp3) is 0.333. The molecule has 2 aromatic rings. The number of phenols is 1. The lowest BCUT2D eigenvalue weighted by molar-refractivity contribution is 0.117. The maximum Gasteiger partial charge on any atom is 0.160 e. The van der Waals surface area contributed by atoms with Crippen molar-refractivity contribution in [2.45, 2.75) is 19.0 Å². The van der Waals surface area contributed by atoms with Gasteiger partial charge in [0.15, 0.2) is 11.5 Å². The molecule has 4 heteroatoms. The van der Waals surface area contributed by atoms with E-state index in [1.165, 1.54) is 5.56 Å². The lowest BCUT2D eigenvalue weighted by atomic mass is 9.92. The van der Waals surface area contributed by atoms with Crippen LogP contribution in [0, 0.1) is 0 Å². The highest BCUT2D eigenvalue weighted by molar-refractivity contribution is 5.41. The standard InChI is InChI=1S/C18H23NO3/c1-18(13-21-2,15-7-5-4-6-8-15)19-12-14-9-10-16(20)17(11-14)22-3/h4-11,19-20H,12-13H2,1-3H3/t18-/m1/s1. The maximum atomic E-state index is 9.66. The van der Waals surface area contributed by atoms with Crippen LogP contribution in [0.1, 0.15) is 18.1 Å². The average Bonchev–Trinajstić information content (AvgIpc) is 2.55. The van der Waals surface area contributed by atoms with Gasteiger partial charge in [-0.3, -0.25) is 0 Å². The van der Waals surface area contributed by atoms with Gasteiger partial charge in [0.25, 0.3) is 0 Å². The van der Waals surface area contributed by atoms with Crippen LogP contribution in [0.15, 0.2) is 48.5 Å². The highest BCUT2D eigenvalue weighted by Gasteiger charge is 2.25. The molecular weight excluding hydrogens is 278 g/mol. The average molecular weight is 301 g/mol. The van der Waals surface area contributed by atoms with Crippen LogP contribution in [-0.2, 0) is 16.8 Å². The van der Waals surface area contributed by atoms with Crippen molar-refractivity contribution >= 4 is 0 Å². The van der Waals surface area contributed by atoms with Gasteiger partial charge in [-0.15, -0.1) is 0 Å². The largest absolute Gasteiger partial charge is 0.504 e. The first-order chi connectivity index (χ1) is 10.6. The second-order valence-corrected chi connectivity index (χ2v) is 5.49. The van der Waals surface area contributed by atoms with Crippen LogP contribution >= 0.6 is 0 Å². The second-order valence-electron chi connectivity index (χ2n) is 5.49. The van der Waals surface area contributed by atoms with E-state index in [-0.39, 0.29) is 11.3 Å². The van der Waals surface area contributed by atoms with E-state index in [0.29, 0.717) is 18.9 Å². The van der Waals surface area contributed by atoms with Crippen molar-refractivity contribution in [3.05, 3.63) is 59.7 Å². The summed E-state index contributed by atoms with van der Waals surface area (Å²) < 4.78 is 10.5. The van der Waals surface area contributed by atoms with E-state index in [4.69, 9.17) is 9.47 Å². The summed E-state index contributed by atoms with van der Waals surface area (Å²) in [6.45, 7) is 3.32. The highest BCUT2D eigenvalue weighted by atomic mass is 16.5. The third kappa shape index (κ3) is 3.78. The zero-order chi connectivity index (χ0) is 16.0. The van der Waals surface area contributed by atoms with Gasteiger partial charge in [0.2, 0.25) is 0 Å². The van der Waals surface area contributed by atoms with Gasteiger partial charge in [-0.2, -0.15) is 0 Å². The molecule has 0 saturated heterocycles. The number of nitrogens with one attached hydrogen (secondary N) is 1. The summed E-state index contributed by atoms with van der Waals surface area (Å²) in [7, 11) is 3.25. The summed E-state index contributed by atoms with van der Waals surface area (Å²) in [6, 6.07) is 15.6. The topological polar surface area (TPSA) is 50.7 Å². The Morgan fingerprint density at radius 1 is 1.09 bits per heavy atom. The summed E-state index contributed by atoms with van der Waals surface area (Å²) >= 11 is 0. The van der Waals surface area contributed by atoms with Gasteiger partial charge in [-0.1, -0.05) is 36.4 Å². The number of methoxy groups -OCH3 is 2. The second kappa shape index (κ2) is 7.29. The molecule has 0 fully saturated rings. The quantitative estimate of drug-likeness (QED) is 0.825. The van der Waals surface area contributed by atoms with Crippen molar-refractivity contribution in [3.63, 3.8) is 0 Å². The van der Waals surface area contributed by atoms with Crippen LogP contribution in [-0.4, -0.2) is 25.9 Å². The van der Waals surface area contributed by atoms with Gasteiger partial charge in [-0.05, 0) is 30.2 Å². The molecule has 1 atom stereocenters. The van der Waals surface area contributed by atoms with Crippen molar-refractivity contribution in [2.24, 2.45) is 0 Å². The van der Waals surface area contributed by atoms with E-state index in [2.05, 4.69) is 24.4 Å². The van der Waals surface area contributed by atoms with Gasteiger partial charge >= 0.3 is 0 Å². The van der Waals surface area contributed by atoms with Crippen LogP contribution in [0.5, 0.6) is 11.5 Å². The molecule has 0 heterocycles. The lowest BCUT2D eigenvalue weighted by Gasteiger charge is -2.31. The first-order valence-corrected chi connectivity index (χ1v) is 7.24. The molecule has 0 spiro atoms. The Morgan fingerprint density at radius 3 is 2.45 bits per heavy atom. The van der Waals surface area contributed by atoms with E-state index < -0.39 is 0 Å². The number of phenolic OH excluding ortho intramolecular Hbond substituents is 1. The first-order valence-electron chi connectivity index (χ1n) is 7.24. The number of rotatable bonds is 7. The van der Waals surface area contributed by atoms with Crippen LogP contribution in [0.25, 0.3) is 0 Å². The number of hydrogen-bond acceptors (Lipinski definition) is 4. The van der Waals surface area contributed by atoms with Crippen molar-refractivity contribution in [1.82, 2.24) is 5.32 Å². The minimum absolute atomic E-state index is 0.147. The Labute approximate surface area is 131 Å². The van der Waals surface area contributed by atoms with Crippen LogP contribution in [0.4, 0.5) is 0 Å². The van der Waals surface area contributed by atoms with Crippen molar-refractivity contribution in [3.8, 4) is 11.5 Å². The number of hydrogen-bond donors (Lipinski definition) is 2. The zero-order valence-electron chi connectivity index (χ0n) is 13.3. The number of aromatic hydroxyl groups is 1. The van der Waals surface area contributed by atoms with Crippen LogP contribution in [0.3, 0.4) is 0 Å². The van der Waals surface area contributed by atoms with Gasteiger partial charge in [0.1, 0.15) is 0 Å². The smallest absolute Gasteiger partial charge is 0.160 e. The predicted molar refractivity (Wildman–Crippen MR) is 87.2 cm³/mol. The fourth-order valence-corrected chi connectivity index (χ4v) is 2.46. The maximum absolute atomic E-state index is 9.66. The molecule has 0 radical (unpaired) electrons. The van der Waals surface area contributed by atoms with Crippen molar-refractivity contribution in [1.29, 1.82) is 0 Å². The number of benzene rings is 2. The minimum Gasteiger partial charge on any atom is -0.504 e. The minimum atomic E-state index is -0.291. The Morgan fingerprint density at radius 2 is 1.82 bits per heavy atom. The molecule has 2 aromatic carbocycles. The Balaban J connectivity index is 2.15. The summed E-state index contributed by atoms with van der Waals surface area (Å²) in [5.74, 6) is 0.626. The zero-order valence-corrected chi connectivity index (χ0v) is 13.3. The molecule has 2 N–H and O–H groups in total. The third-order valence-corrected chi connectivity index (χ3v) is 3.77. The van der Waals surface area contributed by atoms with Crippen molar-refractivity contribution < 1.29 is 14.6 Å². The first kappa shape index (κ1) is 16.3. The molecule has 118 valence electrons. The molecule has 0 unspecified atom stereocenters. The van der Waals surface area contributed by atoms with E-state index in [9.17, 15) is 5.11 Å².